The van der Waals surface area contributed by atoms with E-state index in [0.717, 1.165) is 0 Å². The SMILES string of the molecule is N#C[C@@H]1CCOC[C@H]1n1cc(C(N)=O)c(Nc2ccc(C(F)F)nc2)n1. The number of rotatable bonds is 5. The molecule has 0 aliphatic carbocycles. The highest BCUT2D eigenvalue weighted by molar-refractivity contribution is 5.98. The molecular formula is C16H16F2N6O2. The summed E-state index contributed by atoms with van der Waals surface area (Å²) >= 11 is 0. The van der Waals surface area contributed by atoms with Gasteiger partial charge in [-0.05, 0) is 18.6 Å². The molecule has 2 aromatic rings. The zero-order chi connectivity index (χ0) is 18.7. The molecule has 0 unspecified atom stereocenters. The Labute approximate surface area is 147 Å². The fraction of sp³-hybridized carbons (Fsp3) is 0.375. The van der Waals surface area contributed by atoms with E-state index in [1.807, 2.05) is 0 Å². The van der Waals surface area contributed by atoms with Gasteiger partial charge in [0.1, 0.15) is 11.3 Å². The average molecular weight is 362 g/mol. The number of alkyl halides is 2. The van der Waals surface area contributed by atoms with Crippen LogP contribution in [0.25, 0.3) is 0 Å². The Morgan fingerprint density at radius 2 is 2.31 bits per heavy atom. The van der Waals surface area contributed by atoms with Crippen molar-refractivity contribution in [1.82, 2.24) is 14.8 Å². The second-order valence-corrected chi connectivity index (χ2v) is 5.80. The van der Waals surface area contributed by atoms with E-state index < -0.39 is 12.3 Å². The van der Waals surface area contributed by atoms with Crippen LogP contribution in [0.2, 0.25) is 0 Å². The van der Waals surface area contributed by atoms with Gasteiger partial charge in [0.05, 0.1) is 36.5 Å². The highest BCUT2D eigenvalue weighted by Crippen LogP contribution is 2.28. The Hall–Kier alpha value is -3.06. The Morgan fingerprint density at radius 1 is 1.50 bits per heavy atom. The second kappa shape index (κ2) is 7.45. The lowest BCUT2D eigenvalue weighted by molar-refractivity contribution is 0.0342. The van der Waals surface area contributed by atoms with Crippen LogP contribution in [0, 0.1) is 17.2 Å². The van der Waals surface area contributed by atoms with Crippen LogP contribution in [0.15, 0.2) is 24.5 Å². The summed E-state index contributed by atoms with van der Waals surface area (Å²) in [5.41, 5.74) is 5.53. The van der Waals surface area contributed by atoms with Crippen LogP contribution in [0.5, 0.6) is 0 Å². The molecule has 1 amide bonds. The highest BCUT2D eigenvalue weighted by atomic mass is 19.3. The molecule has 1 saturated heterocycles. The molecule has 1 aliphatic rings. The fourth-order valence-electron chi connectivity index (χ4n) is 2.71. The Morgan fingerprint density at radius 3 is 2.92 bits per heavy atom. The number of anilines is 2. The van der Waals surface area contributed by atoms with Gasteiger partial charge in [-0.2, -0.15) is 10.4 Å². The molecular weight excluding hydrogens is 346 g/mol. The summed E-state index contributed by atoms with van der Waals surface area (Å²) in [6.07, 6.45) is 0.565. The molecule has 0 bridgehead atoms. The van der Waals surface area contributed by atoms with Crippen molar-refractivity contribution in [2.75, 3.05) is 18.5 Å². The van der Waals surface area contributed by atoms with Crippen LogP contribution in [0.3, 0.4) is 0 Å². The molecule has 0 aromatic carbocycles. The van der Waals surface area contributed by atoms with Gasteiger partial charge in [0.25, 0.3) is 12.3 Å². The summed E-state index contributed by atoms with van der Waals surface area (Å²) in [7, 11) is 0. The fourth-order valence-corrected chi connectivity index (χ4v) is 2.71. The zero-order valence-corrected chi connectivity index (χ0v) is 13.6. The summed E-state index contributed by atoms with van der Waals surface area (Å²) in [6, 6.07) is 4.45. The smallest absolute Gasteiger partial charge is 0.280 e. The highest BCUT2D eigenvalue weighted by Gasteiger charge is 2.29. The van der Waals surface area contributed by atoms with Crippen molar-refractivity contribution in [2.24, 2.45) is 11.7 Å². The van der Waals surface area contributed by atoms with Gasteiger partial charge in [-0.3, -0.25) is 14.5 Å². The molecule has 3 N–H and O–H groups in total. The van der Waals surface area contributed by atoms with Crippen LogP contribution < -0.4 is 11.1 Å². The summed E-state index contributed by atoms with van der Waals surface area (Å²) in [6.45, 7) is 0.786. The predicted octanol–water partition coefficient (Wildman–Crippen LogP) is 2.16. The van der Waals surface area contributed by atoms with Crippen molar-refractivity contribution in [3.63, 3.8) is 0 Å². The molecule has 0 spiro atoms. The van der Waals surface area contributed by atoms with Gasteiger partial charge >= 0.3 is 0 Å². The topological polar surface area (TPSA) is 119 Å². The Kier molecular flexibility index (Phi) is 5.09. The van der Waals surface area contributed by atoms with Crippen LogP contribution in [0.1, 0.15) is 34.9 Å². The molecule has 1 fully saturated rings. The third-order valence-corrected chi connectivity index (χ3v) is 4.10. The van der Waals surface area contributed by atoms with Gasteiger partial charge in [-0.15, -0.1) is 0 Å². The number of nitriles is 1. The summed E-state index contributed by atoms with van der Waals surface area (Å²) in [4.78, 5) is 15.4. The first-order valence-corrected chi connectivity index (χ1v) is 7.87. The predicted molar refractivity (Wildman–Crippen MR) is 86.8 cm³/mol. The number of nitrogens with two attached hydrogens (primary N) is 1. The number of hydrogen-bond acceptors (Lipinski definition) is 6. The number of ether oxygens (including phenoxy) is 1. The molecule has 136 valence electrons. The maximum atomic E-state index is 12.6. The average Bonchev–Trinajstić information content (AvgIpc) is 3.06. The minimum atomic E-state index is -2.67. The number of nitrogens with one attached hydrogen (secondary N) is 1. The maximum absolute atomic E-state index is 12.6. The molecule has 1 aliphatic heterocycles. The quantitative estimate of drug-likeness (QED) is 0.841. The monoisotopic (exact) mass is 362 g/mol. The van der Waals surface area contributed by atoms with Crippen LogP contribution >= 0.6 is 0 Å². The van der Waals surface area contributed by atoms with Gasteiger partial charge in [0.2, 0.25) is 0 Å². The molecule has 8 nitrogen and oxygen atoms in total. The first-order chi connectivity index (χ1) is 12.5. The van der Waals surface area contributed by atoms with Gasteiger partial charge in [-0.1, -0.05) is 0 Å². The summed E-state index contributed by atoms with van der Waals surface area (Å²) in [5, 5.41) is 16.4. The van der Waals surface area contributed by atoms with E-state index in [9.17, 15) is 18.8 Å². The first-order valence-electron chi connectivity index (χ1n) is 7.87. The number of pyridine rings is 1. The van der Waals surface area contributed by atoms with Crippen LogP contribution in [-0.4, -0.2) is 33.9 Å². The maximum Gasteiger partial charge on any atom is 0.280 e. The Bertz CT molecular complexity index is 830. The van der Waals surface area contributed by atoms with Crippen molar-refractivity contribution in [1.29, 1.82) is 5.26 Å². The van der Waals surface area contributed by atoms with E-state index in [2.05, 4.69) is 21.5 Å². The number of nitrogens with zero attached hydrogens (tertiary/aromatic N) is 4. The van der Waals surface area contributed by atoms with E-state index in [4.69, 9.17) is 10.5 Å². The zero-order valence-electron chi connectivity index (χ0n) is 13.6. The van der Waals surface area contributed by atoms with Crippen LogP contribution in [0.4, 0.5) is 20.3 Å². The molecule has 0 radical (unpaired) electrons. The normalized spacial score (nSPS) is 19.9. The number of carbonyl (C=O) groups excluding carboxylic acids is 1. The number of carbonyl (C=O) groups is 1. The number of aromatic nitrogens is 3. The van der Waals surface area contributed by atoms with Crippen molar-refractivity contribution < 1.29 is 18.3 Å². The third kappa shape index (κ3) is 3.62. The molecule has 2 atom stereocenters. The molecule has 0 saturated carbocycles. The molecule has 26 heavy (non-hydrogen) atoms. The van der Waals surface area contributed by atoms with Crippen molar-refractivity contribution in [3.05, 3.63) is 35.8 Å². The summed E-state index contributed by atoms with van der Waals surface area (Å²) in [5.74, 6) is -0.850. The standard InChI is InChI=1S/C16H16F2N6O2/c17-14(18)12-2-1-10(6-21-12)22-16-11(15(20)25)7-24(23-16)13-8-26-4-3-9(13)5-19/h1-2,6-7,9,13-14H,3-4,8H2,(H2,20,25)(H,22,23)/t9-,13+/m0/s1. The van der Waals surface area contributed by atoms with Crippen molar-refractivity contribution in [2.45, 2.75) is 18.9 Å². The summed E-state index contributed by atoms with van der Waals surface area (Å²) < 4.78 is 32.0. The molecule has 2 aromatic heterocycles. The number of hydrogen-bond donors (Lipinski definition) is 2. The van der Waals surface area contributed by atoms with E-state index in [1.165, 1.54) is 29.2 Å². The minimum Gasteiger partial charge on any atom is -0.379 e. The van der Waals surface area contributed by atoms with Crippen molar-refractivity contribution >= 4 is 17.4 Å². The van der Waals surface area contributed by atoms with Gasteiger partial charge in [0.15, 0.2) is 5.82 Å². The van der Waals surface area contributed by atoms with Crippen LogP contribution in [-0.2, 0) is 4.74 Å². The molecule has 10 heteroatoms. The Balaban J connectivity index is 1.88. The lowest BCUT2D eigenvalue weighted by atomic mass is 9.97. The molecule has 3 rings (SSSR count). The lowest BCUT2D eigenvalue weighted by Gasteiger charge is -2.26. The van der Waals surface area contributed by atoms with Crippen molar-refractivity contribution in [3.8, 4) is 6.07 Å². The molecule has 3 heterocycles. The van der Waals surface area contributed by atoms with Gasteiger partial charge in [-0.25, -0.2) is 8.78 Å². The van der Waals surface area contributed by atoms with E-state index >= 15 is 0 Å². The van der Waals surface area contributed by atoms with Gasteiger partial charge in [0, 0.05) is 12.8 Å². The van der Waals surface area contributed by atoms with E-state index in [-0.39, 0.29) is 29.0 Å². The third-order valence-electron chi connectivity index (χ3n) is 4.10. The minimum absolute atomic E-state index is 0.116. The second-order valence-electron chi connectivity index (χ2n) is 5.80. The number of halogens is 2. The number of amides is 1. The largest absolute Gasteiger partial charge is 0.379 e. The van der Waals surface area contributed by atoms with E-state index in [1.54, 1.807) is 0 Å². The van der Waals surface area contributed by atoms with E-state index in [0.29, 0.717) is 25.3 Å². The first kappa shape index (κ1) is 17.8. The lowest BCUT2D eigenvalue weighted by Crippen LogP contribution is -2.29. The number of primary amides is 1. The van der Waals surface area contributed by atoms with Gasteiger partial charge < -0.3 is 15.8 Å².